The Kier molecular flexibility index (Phi) is 7.19. The van der Waals surface area contributed by atoms with E-state index in [9.17, 15) is 5.26 Å². The average molecular weight is 636 g/mol. The quantitative estimate of drug-likeness (QED) is 0.140. The molecule has 8 aromatic carbocycles. The molecule has 9 rings (SSSR count). The maximum Gasteiger partial charge on any atom is 0.161 e. The Morgan fingerprint density at radius 2 is 0.920 bits per heavy atom. The van der Waals surface area contributed by atoms with Crippen molar-refractivity contribution < 1.29 is 0 Å². The number of benzene rings is 8. The number of hydrogen-bond donors (Lipinski definition) is 0. The van der Waals surface area contributed by atoms with Gasteiger partial charge >= 0.3 is 0 Å². The van der Waals surface area contributed by atoms with Gasteiger partial charge in [0.1, 0.15) is 0 Å². The number of hydrogen-bond acceptors (Lipinski definition) is 3. The van der Waals surface area contributed by atoms with Crippen molar-refractivity contribution in [1.29, 1.82) is 5.26 Å². The van der Waals surface area contributed by atoms with Crippen molar-refractivity contribution in [2.75, 3.05) is 0 Å². The van der Waals surface area contributed by atoms with Crippen LogP contribution in [0.25, 0.3) is 88.5 Å². The molecule has 3 nitrogen and oxygen atoms in total. The second-order valence-corrected chi connectivity index (χ2v) is 12.5. The van der Waals surface area contributed by atoms with Crippen LogP contribution in [0.2, 0.25) is 0 Å². The minimum atomic E-state index is 0.630. The lowest BCUT2D eigenvalue weighted by molar-refractivity contribution is 1.19. The van der Waals surface area contributed by atoms with Crippen LogP contribution in [-0.2, 0) is 0 Å². The first-order valence-corrected chi connectivity index (χ1v) is 16.7. The molecular weight excluding hydrogens is 607 g/mol. The molecule has 9 aromatic rings. The highest BCUT2D eigenvalue weighted by molar-refractivity contribution is 6.19. The van der Waals surface area contributed by atoms with Gasteiger partial charge in [-0.25, -0.2) is 9.97 Å². The first-order valence-electron chi connectivity index (χ1n) is 16.7. The third-order valence-electron chi connectivity index (χ3n) is 9.54. The molecule has 0 N–H and O–H groups in total. The van der Waals surface area contributed by atoms with Gasteiger partial charge in [0.15, 0.2) is 5.82 Å². The summed E-state index contributed by atoms with van der Waals surface area (Å²) in [6.45, 7) is 0. The fourth-order valence-electron chi connectivity index (χ4n) is 7.15. The Labute approximate surface area is 290 Å². The third-order valence-corrected chi connectivity index (χ3v) is 9.54. The van der Waals surface area contributed by atoms with Crippen molar-refractivity contribution in [1.82, 2.24) is 9.97 Å². The first-order chi connectivity index (χ1) is 24.7. The summed E-state index contributed by atoms with van der Waals surface area (Å²) in [6, 6.07) is 63.2. The van der Waals surface area contributed by atoms with Gasteiger partial charge in [0.2, 0.25) is 0 Å². The number of nitriles is 1. The SMILES string of the molecule is N#Cc1ccc(-c2ccccc2-c2cc(-c3ccccc3-c3ccccc3)nc(-c3c4ccccc4cc4c3ccc3ccccc34)n2)cc1. The molecule has 0 unspecified atom stereocenters. The molecule has 50 heavy (non-hydrogen) atoms. The van der Waals surface area contributed by atoms with E-state index in [0.717, 1.165) is 66.5 Å². The molecule has 0 radical (unpaired) electrons. The Bertz CT molecular complexity index is 2760. The van der Waals surface area contributed by atoms with E-state index in [0.29, 0.717) is 11.4 Å². The molecule has 0 saturated heterocycles. The summed E-state index contributed by atoms with van der Waals surface area (Å²) in [6.07, 6.45) is 0. The highest BCUT2D eigenvalue weighted by Gasteiger charge is 2.20. The van der Waals surface area contributed by atoms with Gasteiger partial charge in [-0.2, -0.15) is 5.26 Å². The van der Waals surface area contributed by atoms with Crippen LogP contribution in [0.3, 0.4) is 0 Å². The Balaban J connectivity index is 1.37. The molecule has 232 valence electrons. The number of rotatable bonds is 5. The lowest BCUT2D eigenvalue weighted by Gasteiger charge is -2.17. The average Bonchev–Trinajstić information content (AvgIpc) is 3.20. The normalized spacial score (nSPS) is 11.2. The van der Waals surface area contributed by atoms with Crippen molar-refractivity contribution in [3.05, 3.63) is 181 Å². The molecule has 0 fully saturated rings. The van der Waals surface area contributed by atoms with Gasteiger partial charge in [0.05, 0.1) is 23.0 Å². The van der Waals surface area contributed by atoms with E-state index in [4.69, 9.17) is 9.97 Å². The maximum absolute atomic E-state index is 9.46. The second kappa shape index (κ2) is 12.3. The Hall–Kier alpha value is -6.89. The van der Waals surface area contributed by atoms with Gasteiger partial charge in [0.25, 0.3) is 0 Å². The van der Waals surface area contributed by atoms with E-state index in [1.54, 1.807) is 0 Å². The summed E-state index contributed by atoms with van der Waals surface area (Å²) in [7, 11) is 0. The Morgan fingerprint density at radius 3 is 1.58 bits per heavy atom. The van der Waals surface area contributed by atoms with E-state index in [-0.39, 0.29) is 0 Å². The van der Waals surface area contributed by atoms with Crippen LogP contribution < -0.4 is 0 Å². The molecule has 0 atom stereocenters. The standard InChI is InChI=1S/C47H29N3/c48-30-31-22-24-34(25-23-31)37-17-9-11-21-41(37)45-29-44(40-20-10-8-16-36(40)32-12-2-1-3-13-32)49-47(50-45)46-39-19-7-5-15-35(39)28-43-38-18-6-4-14-33(38)26-27-42(43)46/h1-29H. The summed E-state index contributed by atoms with van der Waals surface area (Å²) in [5, 5.41) is 16.4. The molecule has 1 heterocycles. The molecule has 0 saturated carbocycles. The lowest BCUT2D eigenvalue weighted by Crippen LogP contribution is -1.99. The fraction of sp³-hybridized carbons (Fsp3) is 0. The van der Waals surface area contributed by atoms with Crippen LogP contribution in [-0.4, -0.2) is 9.97 Å². The van der Waals surface area contributed by atoms with Crippen molar-refractivity contribution in [3.8, 4) is 62.2 Å². The van der Waals surface area contributed by atoms with Crippen molar-refractivity contribution in [2.45, 2.75) is 0 Å². The second-order valence-electron chi connectivity index (χ2n) is 12.5. The number of aromatic nitrogens is 2. The van der Waals surface area contributed by atoms with Crippen LogP contribution in [0, 0.1) is 11.3 Å². The van der Waals surface area contributed by atoms with Crippen LogP contribution in [0.1, 0.15) is 5.56 Å². The van der Waals surface area contributed by atoms with E-state index < -0.39 is 0 Å². The van der Waals surface area contributed by atoms with Crippen molar-refractivity contribution >= 4 is 32.3 Å². The monoisotopic (exact) mass is 635 g/mol. The van der Waals surface area contributed by atoms with E-state index >= 15 is 0 Å². The lowest BCUT2D eigenvalue weighted by atomic mass is 9.92. The molecule has 0 aliphatic carbocycles. The Morgan fingerprint density at radius 1 is 0.380 bits per heavy atom. The van der Waals surface area contributed by atoms with Gasteiger partial charge in [-0.05, 0) is 78.8 Å². The third kappa shape index (κ3) is 5.08. The van der Waals surface area contributed by atoms with Crippen LogP contribution in [0.5, 0.6) is 0 Å². The van der Waals surface area contributed by atoms with E-state index in [2.05, 4.69) is 146 Å². The topological polar surface area (TPSA) is 49.6 Å². The van der Waals surface area contributed by atoms with Gasteiger partial charge in [-0.3, -0.25) is 0 Å². The number of nitrogens with zero attached hydrogens (tertiary/aromatic N) is 3. The molecule has 0 aliphatic rings. The zero-order valence-corrected chi connectivity index (χ0v) is 27.1. The summed E-state index contributed by atoms with van der Waals surface area (Å²) in [5.74, 6) is 0.673. The molecule has 0 bridgehead atoms. The van der Waals surface area contributed by atoms with E-state index in [1.165, 1.54) is 16.2 Å². The summed E-state index contributed by atoms with van der Waals surface area (Å²) in [4.78, 5) is 10.9. The molecule has 0 aliphatic heterocycles. The molecule has 1 aromatic heterocycles. The molecule has 3 heteroatoms. The smallest absolute Gasteiger partial charge is 0.161 e. The minimum absolute atomic E-state index is 0.630. The largest absolute Gasteiger partial charge is 0.228 e. The number of fused-ring (bicyclic) bond motifs is 4. The molecule has 0 amide bonds. The van der Waals surface area contributed by atoms with E-state index in [1.807, 2.05) is 36.4 Å². The van der Waals surface area contributed by atoms with Gasteiger partial charge in [-0.1, -0.05) is 152 Å². The van der Waals surface area contributed by atoms with Gasteiger partial charge < -0.3 is 0 Å². The van der Waals surface area contributed by atoms with Crippen molar-refractivity contribution in [3.63, 3.8) is 0 Å². The summed E-state index contributed by atoms with van der Waals surface area (Å²) < 4.78 is 0. The zero-order chi connectivity index (χ0) is 33.4. The van der Waals surface area contributed by atoms with Crippen LogP contribution in [0.4, 0.5) is 0 Å². The predicted octanol–water partition coefficient (Wildman–Crippen LogP) is 12.1. The molecule has 0 spiro atoms. The first kappa shape index (κ1) is 29.3. The highest BCUT2D eigenvalue weighted by atomic mass is 14.9. The highest BCUT2D eigenvalue weighted by Crippen LogP contribution is 2.41. The maximum atomic E-state index is 9.46. The summed E-state index contributed by atoms with van der Waals surface area (Å²) in [5.41, 5.74) is 9.65. The fourth-order valence-corrected chi connectivity index (χ4v) is 7.15. The molecular formula is C47H29N3. The summed E-state index contributed by atoms with van der Waals surface area (Å²) >= 11 is 0. The van der Waals surface area contributed by atoms with Crippen LogP contribution >= 0.6 is 0 Å². The van der Waals surface area contributed by atoms with Crippen LogP contribution in [0.15, 0.2) is 176 Å². The zero-order valence-electron chi connectivity index (χ0n) is 27.1. The minimum Gasteiger partial charge on any atom is -0.228 e. The van der Waals surface area contributed by atoms with Crippen molar-refractivity contribution in [2.24, 2.45) is 0 Å². The van der Waals surface area contributed by atoms with Gasteiger partial charge in [0, 0.05) is 16.7 Å². The van der Waals surface area contributed by atoms with Gasteiger partial charge in [-0.15, -0.1) is 0 Å². The predicted molar refractivity (Wildman–Crippen MR) is 206 cm³/mol.